The Kier molecular flexibility index (Phi) is 2.03. The van der Waals surface area contributed by atoms with Gasteiger partial charge in [-0.3, -0.25) is 14.3 Å². The Hall–Kier alpha value is -1.78. The van der Waals surface area contributed by atoms with Crippen LogP contribution < -0.4 is 11.2 Å². The van der Waals surface area contributed by atoms with E-state index in [4.69, 9.17) is 4.74 Å². The van der Waals surface area contributed by atoms with E-state index in [1.165, 1.54) is 16.8 Å². The molecule has 1 atom stereocenters. The van der Waals surface area contributed by atoms with Crippen molar-refractivity contribution in [2.45, 2.75) is 25.5 Å². The molecule has 2 heterocycles. The predicted molar refractivity (Wildman–Crippen MR) is 54.4 cm³/mol. The van der Waals surface area contributed by atoms with E-state index in [0.29, 0.717) is 12.2 Å². The minimum atomic E-state index is -0.724. The van der Waals surface area contributed by atoms with Crippen molar-refractivity contribution in [3.8, 4) is 0 Å². The summed E-state index contributed by atoms with van der Waals surface area (Å²) in [5, 5.41) is 0. The fourth-order valence-electron chi connectivity index (χ4n) is 1.74. The van der Waals surface area contributed by atoms with Crippen LogP contribution in [0.15, 0.2) is 34.2 Å². The molecule has 15 heavy (non-hydrogen) atoms. The summed E-state index contributed by atoms with van der Waals surface area (Å²) in [7, 11) is 0. The van der Waals surface area contributed by atoms with E-state index in [-0.39, 0.29) is 0 Å². The van der Waals surface area contributed by atoms with Gasteiger partial charge in [-0.2, -0.15) is 0 Å². The lowest BCUT2D eigenvalue weighted by molar-refractivity contribution is -0.0190. The topological polar surface area (TPSA) is 64.1 Å². The van der Waals surface area contributed by atoms with Gasteiger partial charge in [-0.15, -0.1) is 0 Å². The lowest BCUT2D eigenvalue weighted by atomic mass is 10.1. The SMILES string of the molecule is C=C1CC[C@](C)(n2ccc(=O)[nH]c2=O)O1. The fraction of sp³-hybridized carbons (Fsp3) is 0.400. The highest BCUT2D eigenvalue weighted by molar-refractivity contribution is 4.98. The van der Waals surface area contributed by atoms with Gasteiger partial charge in [0.05, 0.1) is 5.76 Å². The molecule has 1 saturated heterocycles. The van der Waals surface area contributed by atoms with Crippen LogP contribution in [0.4, 0.5) is 0 Å². The van der Waals surface area contributed by atoms with Crippen LogP contribution in [-0.2, 0) is 10.5 Å². The highest BCUT2D eigenvalue weighted by Crippen LogP contribution is 2.34. The number of aromatic amines is 1. The minimum absolute atomic E-state index is 0.406. The molecule has 0 unspecified atom stereocenters. The van der Waals surface area contributed by atoms with E-state index >= 15 is 0 Å². The maximum atomic E-state index is 11.5. The van der Waals surface area contributed by atoms with Crippen molar-refractivity contribution in [1.82, 2.24) is 9.55 Å². The molecule has 2 rings (SSSR count). The molecule has 5 nitrogen and oxygen atoms in total. The van der Waals surface area contributed by atoms with Crippen molar-refractivity contribution in [2.75, 3.05) is 0 Å². The number of ether oxygens (including phenoxy) is 1. The van der Waals surface area contributed by atoms with Gasteiger partial charge in [-0.1, -0.05) is 6.58 Å². The van der Waals surface area contributed by atoms with Crippen LogP contribution in [0.2, 0.25) is 0 Å². The molecule has 0 aromatic carbocycles. The molecular formula is C10H12N2O3. The summed E-state index contributed by atoms with van der Waals surface area (Å²) in [6.45, 7) is 5.51. The molecule has 0 spiro atoms. The molecule has 0 radical (unpaired) electrons. The van der Waals surface area contributed by atoms with Crippen LogP contribution in [0.3, 0.4) is 0 Å². The highest BCUT2D eigenvalue weighted by atomic mass is 16.5. The Morgan fingerprint density at radius 2 is 2.33 bits per heavy atom. The highest BCUT2D eigenvalue weighted by Gasteiger charge is 2.35. The Labute approximate surface area is 86.0 Å². The third kappa shape index (κ3) is 1.60. The van der Waals surface area contributed by atoms with E-state index in [1.807, 2.05) is 0 Å². The van der Waals surface area contributed by atoms with Crippen LogP contribution in [0.1, 0.15) is 19.8 Å². The largest absolute Gasteiger partial charge is 0.473 e. The fourth-order valence-corrected chi connectivity index (χ4v) is 1.74. The van der Waals surface area contributed by atoms with Crippen LogP contribution in [0, 0.1) is 0 Å². The first-order valence-corrected chi connectivity index (χ1v) is 4.70. The summed E-state index contributed by atoms with van der Waals surface area (Å²) >= 11 is 0. The van der Waals surface area contributed by atoms with Gasteiger partial charge in [0, 0.05) is 25.1 Å². The van der Waals surface area contributed by atoms with Crippen LogP contribution in [-0.4, -0.2) is 9.55 Å². The third-order valence-electron chi connectivity index (χ3n) is 2.57. The third-order valence-corrected chi connectivity index (χ3v) is 2.57. The van der Waals surface area contributed by atoms with Crippen LogP contribution in [0.25, 0.3) is 0 Å². The van der Waals surface area contributed by atoms with Crippen LogP contribution in [0.5, 0.6) is 0 Å². The molecule has 1 aromatic rings. The quantitative estimate of drug-likeness (QED) is 0.732. The van der Waals surface area contributed by atoms with Gasteiger partial charge >= 0.3 is 5.69 Å². The second-order valence-corrected chi connectivity index (χ2v) is 3.80. The van der Waals surface area contributed by atoms with E-state index in [9.17, 15) is 9.59 Å². The zero-order chi connectivity index (χ0) is 11.1. The summed E-state index contributed by atoms with van der Waals surface area (Å²) in [5.74, 6) is 0.663. The zero-order valence-corrected chi connectivity index (χ0v) is 8.45. The van der Waals surface area contributed by atoms with Crippen molar-refractivity contribution in [3.63, 3.8) is 0 Å². The van der Waals surface area contributed by atoms with Crippen LogP contribution >= 0.6 is 0 Å². The molecule has 0 saturated carbocycles. The first-order valence-electron chi connectivity index (χ1n) is 4.70. The number of hydrogen-bond acceptors (Lipinski definition) is 3. The van der Waals surface area contributed by atoms with Crippen molar-refractivity contribution in [2.24, 2.45) is 0 Å². The average molecular weight is 208 g/mol. The maximum absolute atomic E-state index is 11.5. The Bertz CT molecular complexity index is 514. The van der Waals surface area contributed by atoms with Crippen molar-refractivity contribution in [1.29, 1.82) is 0 Å². The molecule has 1 aliphatic heterocycles. The molecule has 1 aliphatic rings. The first kappa shape index (κ1) is 9.76. The Balaban J connectivity index is 2.50. The maximum Gasteiger partial charge on any atom is 0.331 e. The van der Waals surface area contributed by atoms with Gasteiger partial charge in [0.1, 0.15) is 0 Å². The molecule has 1 aromatic heterocycles. The van der Waals surface area contributed by atoms with Crippen molar-refractivity contribution >= 4 is 0 Å². The lowest BCUT2D eigenvalue weighted by Crippen LogP contribution is -2.41. The van der Waals surface area contributed by atoms with Crippen molar-refractivity contribution in [3.05, 3.63) is 45.4 Å². The average Bonchev–Trinajstić information content (AvgIpc) is 2.46. The summed E-state index contributed by atoms with van der Waals surface area (Å²) in [5.41, 5.74) is -1.59. The number of allylic oxidation sites excluding steroid dienone is 1. The number of H-pyrrole nitrogens is 1. The standard InChI is InChI=1S/C10H12N2O3/c1-7-3-5-10(2,15-7)12-6-4-8(13)11-9(12)14/h4,6H,1,3,5H2,2H3,(H,11,13,14)/t10-/m1/s1. The van der Waals surface area contributed by atoms with Gasteiger partial charge in [-0.25, -0.2) is 4.79 Å². The number of aromatic nitrogens is 2. The predicted octanol–water partition coefficient (Wildman–Crippen LogP) is 0.533. The van der Waals surface area contributed by atoms with Gasteiger partial charge in [0.2, 0.25) is 0 Å². The minimum Gasteiger partial charge on any atom is -0.473 e. The monoisotopic (exact) mass is 208 g/mol. The van der Waals surface area contributed by atoms with E-state index in [2.05, 4.69) is 11.6 Å². The van der Waals surface area contributed by atoms with E-state index in [1.54, 1.807) is 6.92 Å². The summed E-state index contributed by atoms with van der Waals surface area (Å²) in [6, 6.07) is 1.30. The molecule has 1 fully saturated rings. The molecule has 0 bridgehead atoms. The molecule has 1 N–H and O–H groups in total. The van der Waals surface area contributed by atoms with Crippen molar-refractivity contribution < 1.29 is 4.74 Å². The second kappa shape index (κ2) is 3.12. The number of rotatable bonds is 1. The summed E-state index contributed by atoms with van der Waals surface area (Å²) in [4.78, 5) is 24.6. The smallest absolute Gasteiger partial charge is 0.331 e. The normalized spacial score (nSPS) is 25.3. The summed E-state index contributed by atoms with van der Waals surface area (Å²) in [6.07, 6.45) is 2.85. The first-order chi connectivity index (χ1) is 7.01. The summed E-state index contributed by atoms with van der Waals surface area (Å²) < 4.78 is 6.88. The molecular weight excluding hydrogens is 196 g/mol. The Morgan fingerprint density at radius 3 is 2.87 bits per heavy atom. The zero-order valence-electron chi connectivity index (χ0n) is 8.45. The lowest BCUT2D eigenvalue weighted by Gasteiger charge is -2.25. The number of nitrogens with one attached hydrogen (secondary N) is 1. The molecule has 80 valence electrons. The van der Waals surface area contributed by atoms with Gasteiger partial charge in [0.15, 0.2) is 5.72 Å². The Morgan fingerprint density at radius 1 is 1.60 bits per heavy atom. The molecule has 0 amide bonds. The molecule has 0 aliphatic carbocycles. The van der Waals surface area contributed by atoms with Gasteiger partial charge in [-0.05, 0) is 6.92 Å². The number of nitrogens with zero attached hydrogens (tertiary/aromatic N) is 1. The van der Waals surface area contributed by atoms with E-state index < -0.39 is 17.0 Å². The van der Waals surface area contributed by atoms with E-state index in [0.717, 1.165) is 6.42 Å². The molecule has 5 heteroatoms. The number of hydrogen-bond donors (Lipinski definition) is 1. The van der Waals surface area contributed by atoms with Gasteiger partial charge in [0.25, 0.3) is 5.56 Å². The van der Waals surface area contributed by atoms with Gasteiger partial charge < -0.3 is 4.74 Å². The second-order valence-electron chi connectivity index (χ2n) is 3.80.